The Bertz CT molecular complexity index is 556. The molecule has 0 spiro atoms. The SMILES string of the molecule is CCCCCSc1ccc2nsnc2c1[N+](=O)[O-]. The molecule has 5 nitrogen and oxygen atoms in total. The smallest absolute Gasteiger partial charge is 0.258 e. The second-order valence-electron chi connectivity index (χ2n) is 3.86. The molecule has 1 aromatic heterocycles. The van der Waals surface area contributed by atoms with Gasteiger partial charge in [0.15, 0.2) is 5.52 Å². The molecule has 0 aliphatic heterocycles. The van der Waals surface area contributed by atoms with Crippen LogP contribution in [-0.2, 0) is 0 Å². The van der Waals surface area contributed by atoms with Crippen molar-refractivity contribution < 1.29 is 4.92 Å². The lowest BCUT2D eigenvalue weighted by Crippen LogP contribution is -1.93. The number of fused-ring (bicyclic) bond motifs is 1. The minimum absolute atomic E-state index is 0.0998. The van der Waals surface area contributed by atoms with Crippen molar-refractivity contribution in [2.24, 2.45) is 0 Å². The maximum absolute atomic E-state index is 11.2. The molecule has 2 aromatic rings. The molecule has 0 bridgehead atoms. The number of hydrogen-bond donors (Lipinski definition) is 0. The second kappa shape index (κ2) is 6.10. The van der Waals surface area contributed by atoms with Crippen LogP contribution in [0, 0.1) is 10.1 Å². The summed E-state index contributed by atoms with van der Waals surface area (Å²) < 4.78 is 8.05. The van der Waals surface area contributed by atoms with Crippen molar-refractivity contribution >= 4 is 40.2 Å². The van der Waals surface area contributed by atoms with E-state index in [-0.39, 0.29) is 10.6 Å². The van der Waals surface area contributed by atoms with Crippen molar-refractivity contribution in [3.63, 3.8) is 0 Å². The molecule has 0 N–H and O–H groups in total. The molecule has 7 heteroatoms. The van der Waals surface area contributed by atoms with Crippen LogP contribution >= 0.6 is 23.5 Å². The fourth-order valence-electron chi connectivity index (χ4n) is 1.65. The van der Waals surface area contributed by atoms with Crippen LogP contribution in [0.1, 0.15) is 26.2 Å². The summed E-state index contributed by atoms with van der Waals surface area (Å²) in [5, 5.41) is 11.2. The van der Waals surface area contributed by atoms with Crippen LogP contribution in [0.4, 0.5) is 5.69 Å². The van der Waals surface area contributed by atoms with Crippen LogP contribution in [0.2, 0.25) is 0 Å². The molecular weight excluding hydrogens is 270 g/mol. The fourth-order valence-corrected chi connectivity index (χ4v) is 3.22. The first-order valence-corrected chi connectivity index (χ1v) is 7.48. The highest BCUT2D eigenvalue weighted by atomic mass is 32.2. The maximum Gasteiger partial charge on any atom is 0.311 e. The second-order valence-corrected chi connectivity index (χ2v) is 5.52. The Labute approximate surface area is 113 Å². The first kappa shape index (κ1) is 13.2. The van der Waals surface area contributed by atoms with E-state index in [1.807, 2.05) is 0 Å². The normalized spacial score (nSPS) is 10.9. The van der Waals surface area contributed by atoms with E-state index in [1.165, 1.54) is 11.8 Å². The third kappa shape index (κ3) is 2.78. The zero-order chi connectivity index (χ0) is 13.0. The molecule has 0 saturated carbocycles. The lowest BCUT2D eigenvalue weighted by molar-refractivity contribution is -0.386. The van der Waals surface area contributed by atoms with Crippen LogP contribution in [-0.4, -0.2) is 19.4 Å². The van der Waals surface area contributed by atoms with E-state index in [9.17, 15) is 10.1 Å². The summed E-state index contributed by atoms with van der Waals surface area (Å²) in [6.45, 7) is 2.14. The highest BCUT2D eigenvalue weighted by Gasteiger charge is 2.21. The van der Waals surface area contributed by atoms with E-state index in [1.54, 1.807) is 12.1 Å². The van der Waals surface area contributed by atoms with Crippen LogP contribution in [0.15, 0.2) is 17.0 Å². The van der Waals surface area contributed by atoms with Gasteiger partial charge < -0.3 is 0 Å². The van der Waals surface area contributed by atoms with Gasteiger partial charge in [0.2, 0.25) is 0 Å². The Hall–Kier alpha value is -1.21. The number of nitro groups is 1. The van der Waals surface area contributed by atoms with E-state index < -0.39 is 0 Å². The molecule has 0 aliphatic rings. The molecule has 0 amide bonds. The zero-order valence-electron chi connectivity index (χ0n) is 9.96. The quantitative estimate of drug-likeness (QED) is 0.348. The molecule has 0 radical (unpaired) electrons. The summed E-state index contributed by atoms with van der Waals surface area (Å²) in [5.74, 6) is 0.901. The van der Waals surface area contributed by atoms with Gasteiger partial charge in [0.1, 0.15) is 5.52 Å². The van der Waals surface area contributed by atoms with Crippen LogP contribution in [0.3, 0.4) is 0 Å². The predicted octanol–water partition coefficient (Wildman–Crippen LogP) is 3.88. The minimum Gasteiger partial charge on any atom is -0.258 e. The Morgan fingerprint density at radius 1 is 1.39 bits per heavy atom. The number of aromatic nitrogens is 2. The first-order chi connectivity index (χ1) is 8.74. The van der Waals surface area contributed by atoms with Gasteiger partial charge in [-0.05, 0) is 24.3 Å². The van der Waals surface area contributed by atoms with Gasteiger partial charge in [0.05, 0.1) is 21.5 Å². The topological polar surface area (TPSA) is 68.9 Å². The van der Waals surface area contributed by atoms with Crippen LogP contribution < -0.4 is 0 Å². The lowest BCUT2D eigenvalue weighted by Gasteiger charge is -2.02. The van der Waals surface area contributed by atoms with Gasteiger partial charge in [-0.1, -0.05) is 19.8 Å². The molecule has 96 valence electrons. The molecule has 2 rings (SSSR count). The number of rotatable bonds is 6. The predicted molar refractivity (Wildman–Crippen MR) is 74.3 cm³/mol. The van der Waals surface area contributed by atoms with E-state index >= 15 is 0 Å². The van der Waals surface area contributed by atoms with E-state index in [4.69, 9.17) is 0 Å². The number of nitro benzene ring substituents is 1. The average molecular weight is 283 g/mol. The van der Waals surface area contributed by atoms with Crippen LogP contribution in [0.5, 0.6) is 0 Å². The number of hydrogen-bond acceptors (Lipinski definition) is 6. The van der Waals surface area contributed by atoms with Gasteiger partial charge in [-0.25, -0.2) is 0 Å². The molecule has 0 atom stereocenters. The van der Waals surface area contributed by atoms with Gasteiger partial charge in [0, 0.05) is 0 Å². The molecule has 18 heavy (non-hydrogen) atoms. The number of nitrogens with zero attached hydrogens (tertiary/aromatic N) is 3. The van der Waals surface area contributed by atoms with E-state index in [2.05, 4.69) is 15.7 Å². The Morgan fingerprint density at radius 3 is 2.94 bits per heavy atom. The van der Waals surface area contributed by atoms with Gasteiger partial charge in [-0.15, -0.1) is 11.8 Å². The van der Waals surface area contributed by atoms with Gasteiger partial charge >= 0.3 is 5.69 Å². The monoisotopic (exact) mass is 283 g/mol. The van der Waals surface area contributed by atoms with Crippen molar-refractivity contribution in [3.8, 4) is 0 Å². The number of unbranched alkanes of at least 4 members (excludes halogenated alkanes) is 2. The summed E-state index contributed by atoms with van der Waals surface area (Å²) in [6.07, 6.45) is 3.38. The summed E-state index contributed by atoms with van der Waals surface area (Å²) in [7, 11) is 0. The molecule has 1 heterocycles. The van der Waals surface area contributed by atoms with Gasteiger partial charge in [0.25, 0.3) is 0 Å². The minimum atomic E-state index is -0.355. The lowest BCUT2D eigenvalue weighted by atomic mass is 10.3. The van der Waals surface area contributed by atoms with E-state index in [0.717, 1.165) is 36.7 Å². The highest BCUT2D eigenvalue weighted by molar-refractivity contribution is 7.99. The molecule has 0 saturated heterocycles. The van der Waals surface area contributed by atoms with Crippen LogP contribution in [0.25, 0.3) is 11.0 Å². The Kier molecular flexibility index (Phi) is 4.48. The number of thioether (sulfide) groups is 1. The molecule has 0 fully saturated rings. The molecule has 0 aliphatic carbocycles. The average Bonchev–Trinajstić information content (AvgIpc) is 2.81. The van der Waals surface area contributed by atoms with Crippen molar-refractivity contribution in [3.05, 3.63) is 22.2 Å². The summed E-state index contributed by atoms with van der Waals surface area (Å²) in [4.78, 5) is 11.5. The molecular formula is C11H13N3O2S2. The standard InChI is InChI=1S/C11H13N3O2S2/c1-2-3-4-7-17-9-6-5-8-10(13-18-12-8)11(9)14(15)16/h5-6H,2-4,7H2,1H3. The van der Waals surface area contributed by atoms with Gasteiger partial charge in [-0.3, -0.25) is 10.1 Å². The van der Waals surface area contributed by atoms with Crippen molar-refractivity contribution in [1.29, 1.82) is 0 Å². The Morgan fingerprint density at radius 2 is 2.22 bits per heavy atom. The van der Waals surface area contributed by atoms with Gasteiger partial charge in [-0.2, -0.15) is 8.75 Å². The zero-order valence-corrected chi connectivity index (χ0v) is 11.6. The largest absolute Gasteiger partial charge is 0.311 e. The van der Waals surface area contributed by atoms with Crippen molar-refractivity contribution in [1.82, 2.24) is 8.75 Å². The fraction of sp³-hybridized carbons (Fsp3) is 0.455. The summed E-state index contributed by atoms with van der Waals surface area (Å²) in [6, 6.07) is 3.58. The third-order valence-electron chi connectivity index (χ3n) is 2.55. The summed E-state index contributed by atoms with van der Waals surface area (Å²) >= 11 is 2.54. The first-order valence-electron chi connectivity index (χ1n) is 5.76. The highest BCUT2D eigenvalue weighted by Crippen LogP contribution is 2.35. The number of benzene rings is 1. The van der Waals surface area contributed by atoms with Crippen molar-refractivity contribution in [2.75, 3.05) is 5.75 Å². The maximum atomic E-state index is 11.2. The summed E-state index contributed by atoms with van der Waals surface area (Å²) in [5.41, 5.74) is 1.11. The molecule has 0 unspecified atom stereocenters. The Balaban J connectivity index is 2.25. The molecule has 1 aromatic carbocycles. The van der Waals surface area contributed by atoms with E-state index in [0.29, 0.717) is 15.9 Å². The third-order valence-corrected chi connectivity index (χ3v) is 4.23. The van der Waals surface area contributed by atoms with Crippen molar-refractivity contribution in [2.45, 2.75) is 31.1 Å².